The van der Waals surface area contributed by atoms with E-state index in [9.17, 15) is 13.0 Å². The van der Waals surface area contributed by atoms with E-state index in [4.69, 9.17) is 4.74 Å². The van der Waals surface area contributed by atoms with Crippen LogP contribution in [0.3, 0.4) is 0 Å². The summed E-state index contributed by atoms with van der Waals surface area (Å²) in [4.78, 5) is 11.2. The highest BCUT2D eigenvalue weighted by molar-refractivity contribution is 7.85. The summed E-state index contributed by atoms with van der Waals surface area (Å²) >= 11 is 0. The number of hydrogen-bond acceptors (Lipinski definition) is 6. The molecule has 1 aliphatic heterocycles. The number of aryl methyl sites for hydroxylation is 2. The van der Waals surface area contributed by atoms with Gasteiger partial charge in [-0.05, 0) is 55.2 Å². The van der Waals surface area contributed by atoms with E-state index in [2.05, 4.69) is 23.0 Å². The van der Waals surface area contributed by atoms with Gasteiger partial charge in [0.1, 0.15) is 0 Å². The predicted molar refractivity (Wildman–Crippen MR) is 120 cm³/mol. The van der Waals surface area contributed by atoms with Crippen molar-refractivity contribution in [3.8, 4) is 11.5 Å². The lowest BCUT2D eigenvalue weighted by atomic mass is 10.0. The Balaban J connectivity index is 1.90. The first-order valence-corrected chi connectivity index (χ1v) is 12.0. The van der Waals surface area contributed by atoms with Gasteiger partial charge in [-0.1, -0.05) is 32.0 Å². The fraction of sp³-hybridized carbons (Fsp3) is 0.304. The molecule has 31 heavy (non-hydrogen) atoms. The van der Waals surface area contributed by atoms with Crippen LogP contribution in [0.15, 0.2) is 54.7 Å². The van der Waals surface area contributed by atoms with Gasteiger partial charge in [-0.25, -0.2) is 9.97 Å². The minimum atomic E-state index is -4.16. The molecule has 1 unspecified atom stereocenters. The quantitative estimate of drug-likeness (QED) is 0.525. The van der Waals surface area contributed by atoms with E-state index in [-0.39, 0.29) is 6.42 Å². The Morgan fingerprint density at radius 1 is 1.03 bits per heavy atom. The summed E-state index contributed by atoms with van der Waals surface area (Å²) in [6.45, 7) is 4.08. The van der Waals surface area contributed by atoms with E-state index in [1.807, 2.05) is 54.3 Å². The summed E-state index contributed by atoms with van der Waals surface area (Å²) in [5, 5.41) is 0. The standard InChI is InChI=1S/C23H25N3O4S/c1-3-16-9-10-22-20(15-16)26(18-7-5-6-8-21(18)30-22)19(12-14-31(27,28)29)23-24-13-11-17(4-2)25-23/h5-11,13,15,19H,3-4,12,14H2,1-2H3,(H,27,28,29). The van der Waals surface area contributed by atoms with Gasteiger partial charge in [0, 0.05) is 11.9 Å². The number of para-hydroxylation sites is 2. The van der Waals surface area contributed by atoms with Crippen LogP contribution in [-0.2, 0) is 23.0 Å². The van der Waals surface area contributed by atoms with Crippen molar-refractivity contribution in [2.45, 2.75) is 39.2 Å². The molecule has 0 fully saturated rings. The molecule has 0 aliphatic carbocycles. The number of benzene rings is 2. The zero-order valence-corrected chi connectivity index (χ0v) is 18.3. The van der Waals surface area contributed by atoms with E-state index in [0.29, 0.717) is 17.3 Å². The molecule has 4 rings (SSSR count). The van der Waals surface area contributed by atoms with Crippen LogP contribution < -0.4 is 9.64 Å². The number of fused-ring (bicyclic) bond motifs is 2. The second kappa shape index (κ2) is 8.64. The highest BCUT2D eigenvalue weighted by Crippen LogP contribution is 2.50. The largest absolute Gasteiger partial charge is 0.453 e. The van der Waals surface area contributed by atoms with Crippen LogP contribution in [0.5, 0.6) is 11.5 Å². The Hall–Kier alpha value is -2.97. The minimum Gasteiger partial charge on any atom is -0.453 e. The van der Waals surface area contributed by atoms with Gasteiger partial charge >= 0.3 is 0 Å². The third-order valence-electron chi connectivity index (χ3n) is 5.39. The lowest BCUT2D eigenvalue weighted by Gasteiger charge is -2.38. The highest BCUT2D eigenvalue weighted by Gasteiger charge is 2.33. The molecule has 8 heteroatoms. The van der Waals surface area contributed by atoms with Crippen molar-refractivity contribution in [2.24, 2.45) is 0 Å². The topological polar surface area (TPSA) is 92.6 Å². The van der Waals surface area contributed by atoms with Gasteiger partial charge in [0.15, 0.2) is 17.3 Å². The second-order valence-corrected chi connectivity index (χ2v) is 9.02. The molecule has 1 aliphatic rings. The van der Waals surface area contributed by atoms with Crippen LogP contribution in [0.2, 0.25) is 0 Å². The first kappa shape index (κ1) is 21.3. The molecule has 2 aromatic carbocycles. The number of anilines is 2. The highest BCUT2D eigenvalue weighted by atomic mass is 32.2. The lowest BCUT2D eigenvalue weighted by Crippen LogP contribution is -2.30. The summed E-state index contributed by atoms with van der Waals surface area (Å²) in [6, 6.07) is 15.0. The summed E-state index contributed by atoms with van der Waals surface area (Å²) in [6.07, 6.45) is 3.39. The molecule has 0 saturated heterocycles. The third-order valence-corrected chi connectivity index (χ3v) is 6.14. The van der Waals surface area contributed by atoms with Crippen LogP contribution >= 0.6 is 0 Å². The van der Waals surface area contributed by atoms with Gasteiger partial charge in [-0.2, -0.15) is 8.42 Å². The monoisotopic (exact) mass is 439 g/mol. The Labute approximate surface area is 182 Å². The smallest absolute Gasteiger partial charge is 0.264 e. The maximum absolute atomic E-state index is 11.6. The molecule has 0 radical (unpaired) electrons. The number of rotatable bonds is 7. The fourth-order valence-electron chi connectivity index (χ4n) is 3.79. The maximum atomic E-state index is 11.6. The molecule has 0 amide bonds. The zero-order valence-electron chi connectivity index (χ0n) is 17.5. The van der Waals surface area contributed by atoms with Gasteiger partial charge < -0.3 is 9.64 Å². The Morgan fingerprint density at radius 2 is 1.81 bits per heavy atom. The van der Waals surface area contributed by atoms with E-state index in [1.165, 1.54) is 0 Å². The number of aromatic nitrogens is 2. The number of nitrogens with zero attached hydrogens (tertiary/aromatic N) is 3. The van der Waals surface area contributed by atoms with E-state index < -0.39 is 21.9 Å². The summed E-state index contributed by atoms with van der Waals surface area (Å²) in [5.41, 5.74) is 3.62. The van der Waals surface area contributed by atoms with E-state index in [1.54, 1.807) is 6.20 Å². The number of ether oxygens (including phenoxy) is 1. The molecule has 1 aromatic heterocycles. The second-order valence-electron chi connectivity index (χ2n) is 7.45. The average molecular weight is 440 g/mol. The molecule has 0 saturated carbocycles. The molecule has 0 spiro atoms. The summed E-state index contributed by atoms with van der Waals surface area (Å²) in [7, 11) is -4.16. The molecule has 162 valence electrons. The van der Waals surface area contributed by atoms with Crippen LogP contribution in [0.25, 0.3) is 0 Å². The molecule has 7 nitrogen and oxygen atoms in total. The van der Waals surface area contributed by atoms with E-state index in [0.717, 1.165) is 35.5 Å². The Bertz CT molecular complexity index is 1200. The fourth-order valence-corrected chi connectivity index (χ4v) is 4.31. The molecule has 3 aromatic rings. The molecule has 0 bridgehead atoms. The van der Waals surface area contributed by atoms with Crippen molar-refractivity contribution in [3.63, 3.8) is 0 Å². The molecular formula is C23H25N3O4S. The zero-order chi connectivity index (χ0) is 22.0. The normalized spacial score (nSPS) is 13.8. The SMILES string of the molecule is CCc1ccc2c(c1)N(C(CCS(=O)(=O)O)c1nccc(CC)n1)c1ccccc1O2. The van der Waals surface area contributed by atoms with Gasteiger partial charge in [0.05, 0.1) is 23.2 Å². The van der Waals surface area contributed by atoms with Crippen molar-refractivity contribution < 1.29 is 17.7 Å². The molecule has 1 N–H and O–H groups in total. The molecule has 2 heterocycles. The Morgan fingerprint density at radius 3 is 2.55 bits per heavy atom. The van der Waals surface area contributed by atoms with Crippen LogP contribution in [0, 0.1) is 0 Å². The average Bonchev–Trinajstić information content (AvgIpc) is 2.77. The first-order valence-electron chi connectivity index (χ1n) is 10.4. The van der Waals surface area contributed by atoms with Crippen LogP contribution in [0.4, 0.5) is 11.4 Å². The molecular weight excluding hydrogens is 414 g/mol. The summed E-state index contributed by atoms with van der Waals surface area (Å²) in [5.74, 6) is 1.45. The first-order chi connectivity index (χ1) is 14.9. The Kier molecular flexibility index (Phi) is 5.93. The minimum absolute atomic E-state index is 0.121. The van der Waals surface area contributed by atoms with Crippen molar-refractivity contribution in [1.29, 1.82) is 0 Å². The van der Waals surface area contributed by atoms with Gasteiger partial charge in [-0.3, -0.25) is 4.55 Å². The molecule has 1 atom stereocenters. The summed E-state index contributed by atoms with van der Waals surface area (Å²) < 4.78 is 38.9. The van der Waals surface area contributed by atoms with Crippen molar-refractivity contribution in [2.75, 3.05) is 10.7 Å². The van der Waals surface area contributed by atoms with Gasteiger partial charge in [-0.15, -0.1) is 0 Å². The van der Waals surface area contributed by atoms with Gasteiger partial charge in [0.2, 0.25) is 0 Å². The van der Waals surface area contributed by atoms with Crippen LogP contribution in [-0.4, -0.2) is 28.7 Å². The lowest BCUT2D eigenvalue weighted by molar-refractivity contribution is 0.458. The van der Waals surface area contributed by atoms with Crippen molar-refractivity contribution in [3.05, 3.63) is 71.8 Å². The number of hydrogen-bond donors (Lipinski definition) is 1. The third kappa shape index (κ3) is 4.55. The van der Waals surface area contributed by atoms with E-state index >= 15 is 0 Å². The van der Waals surface area contributed by atoms with Crippen LogP contribution in [0.1, 0.15) is 43.4 Å². The predicted octanol–water partition coefficient (Wildman–Crippen LogP) is 4.86. The maximum Gasteiger partial charge on any atom is 0.264 e. The van der Waals surface area contributed by atoms with Gasteiger partial charge in [0.25, 0.3) is 10.1 Å². The van der Waals surface area contributed by atoms with Crippen molar-refractivity contribution in [1.82, 2.24) is 9.97 Å². The van der Waals surface area contributed by atoms with Crippen molar-refractivity contribution >= 4 is 21.5 Å².